The van der Waals surface area contributed by atoms with E-state index in [4.69, 9.17) is 10.5 Å². The van der Waals surface area contributed by atoms with E-state index in [1.54, 1.807) is 65.6 Å². The summed E-state index contributed by atoms with van der Waals surface area (Å²) in [5.74, 6) is -0.310. The van der Waals surface area contributed by atoms with Gasteiger partial charge in [-0.3, -0.25) is 14.6 Å². The lowest BCUT2D eigenvalue weighted by Crippen LogP contribution is -2.50. The predicted molar refractivity (Wildman–Crippen MR) is 145 cm³/mol. The van der Waals surface area contributed by atoms with E-state index in [1.165, 1.54) is 10.5 Å². The van der Waals surface area contributed by atoms with Crippen molar-refractivity contribution in [3.05, 3.63) is 95.7 Å². The van der Waals surface area contributed by atoms with Gasteiger partial charge in [-0.25, -0.2) is 13.4 Å². The van der Waals surface area contributed by atoms with Crippen molar-refractivity contribution in [2.75, 3.05) is 32.8 Å². The van der Waals surface area contributed by atoms with Crippen LogP contribution in [0.2, 0.25) is 0 Å². The minimum absolute atomic E-state index is 0.102. The maximum absolute atomic E-state index is 13.2. The minimum atomic E-state index is -3.84. The second-order valence-electron chi connectivity index (χ2n) is 9.05. The zero-order valence-corrected chi connectivity index (χ0v) is 21.9. The highest BCUT2D eigenvalue weighted by atomic mass is 32.2. The number of hydrogen-bond acceptors (Lipinski definition) is 7. The second-order valence-corrected chi connectivity index (χ2v) is 10.9. The second kappa shape index (κ2) is 11.2. The maximum atomic E-state index is 13.2. The van der Waals surface area contributed by atoms with Crippen molar-refractivity contribution in [1.82, 2.24) is 19.2 Å². The van der Waals surface area contributed by atoms with Gasteiger partial charge in [0.2, 0.25) is 0 Å². The SMILES string of the molecule is NC(=O)c1ccccc1OCCc1cccc(C(=O)N2CCN(S(=O)(=O)c3cnc4ccccc4n3)CC2)c1. The highest BCUT2D eigenvalue weighted by Crippen LogP contribution is 2.20. The Morgan fingerprint density at radius 3 is 2.38 bits per heavy atom. The molecule has 10 nitrogen and oxygen atoms in total. The highest BCUT2D eigenvalue weighted by Gasteiger charge is 2.31. The number of nitrogens with two attached hydrogens (primary N) is 1. The predicted octanol–water partition coefficient (Wildman–Crippen LogP) is 2.50. The number of sulfonamides is 1. The zero-order chi connectivity index (χ0) is 27.4. The van der Waals surface area contributed by atoms with Gasteiger partial charge in [0.15, 0.2) is 5.03 Å². The van der Waals surface area contributed by atoms with Gasteiger partial charge in [0.05, 0.1) is 29.4 Å². The molecule has 0 bridgehead atoms. The number of nitrogens with zero attached hydrogens (tertiary/aromatic N) is 4. The number of benzene rings is 3. The molecule has 1 aromatic heterocycles. The summed E-state index contributed by atoms with van der Waals surface area (Å²) in [7, 11) is -3.84. The monoisotopic (exact) mass is 545 g/mol. The average molecular weight is 546 g/mol. The van der Waals surface area contributed by atoms with Crippen molar-refractivity contribution in [2.24, 2.45) is 5.73 Å². The Kier molecular flexibility index (Phi) is 7.53. The van der Waals surface area contributed by atoms with Gasteiger partial charge in [-0.2, -0.15) is 4.31 Å². The van der Waals surface area contributed by atoms with E-state index >= 15 is 0 Å². The van der Waals surface area contributed by atoms with Crippen molar-refractivity contribution in [3.63, 3.8) is 0 Å². The van der Waals surface area contributed by atoms with Crippen LogP contribution >= 0.6 is 0 Å². The van der Waals surface area contributed by atoms with Crippen LogP contribution in [0.25, 0.3) is 11.0 Å². The Labute approximate surface area is 226 Å². The van der Waals surface area contributed by atoms with Crippen LogP contribution in [0.15, 0.2) is 84.0 Å². The van der Waals surface area contributed by atoms with Crippen molar-refractivity contribution in [2.45, 2.75) is 11.4 Å². The molecule has 0 radical (unpaired) electrons. The number of piperazine rings is 1. The summed E-state index contributed by atoms with van der Waals surface area (Å²) in [6.07, 6.45) is 1.80. The lowest BCUT2D eigenvalue weighted by Gasteiger charge is -2.33. The first-order valence-electron chi connectivity index (χ1n) is 12.4. The quantitative estimate of drug-likeness (QED) is 0.359. The third kappa shape index (κ3) is 5.74. The molecule has 1 saturated heterocycles. The molecule has 11 heteroatoms. The molecule has 0 spiro atoms. The summed E-state index contributed by atoms with van der Waals surface area (Å²) in [6, 6.07) is 21.1. The van der Waals surface area contributed by atoms with Gasteiger partial charge >= 0.3 is 0 Å². The van der Waals surface area contributed by atoms with E-state index in [9.17, 15) is 18.0 Å². The Hall–Kier alpha value is -4.35. The first kappa shape index (κ1) is 26.3. The number of ether oxygens (including phenoxy) is 1. The van der Waals surface area contributed by atoms with Crippen LogP contribution in [-0.4, -0.2) is 72.2 Å². The molecule has 2 heterocycles. The number of hydrogen-bond donors (Lipinski definition) is 1. The summed E-state index contributed by atoms with van der Waals surface area (Å²) in [6.45, 7) is 1.15. The van der Waals surface area contributed by atoms with Gasteiger partial charge in [0.25, 0.3) is 21.8 Å². The van der Waals surface area contributed by atoms with Gasteiger partial charge in [-0.1, -0.05) is 36.4 Å². The Bertz CT molecular complexity index is 1630. The number of rotatable bonds is 8. The van der Waals surface area contributed by atoms with Gasteiger partial charge in [0, 0.05) is 38.2 Å². The smallest absolute Gasteiger partial charge is 0.262 e. The van der Waals surface area contributed by atoms with E-state index in [2.05, 4.69) is 9.97 Å². The Morgan fingerprint density at radius 2 is 1.62 bits per heavy atom. The van der Waals surface area contributed by atoms with Crippen LogP contribution < -0.4 is 10.5 Å². The molecule has 5 rings (SSSR count). The van der Waals surface area contributed by atoms with Gasteiger partial charge in [-0.15, -0.1) is 0 Å². The lowest BCUT2D eigenvalue weighted by atomic mass is 10.1. The van der Waals surface area contributed by atoms with Crippen LogP contribution in [-0.2, 0) is 16.4 Å². The van der Waals surface area contributed by atoms with E-state index < -0.39 is 15.9 Å². The molecular formula is C28H27N5O5S. The number of carbonyl (C=O) groups excluding carboxylic acids is 2. The average Bonchev–Trinajstić information content (AvgIpc) is 2.97. The van der Waals surface area contributed by atoms with Crippen LogP contribution in [0.5, 0.6) is 5.75 Å². The minimum Gasteiger partial charge on any atom is -0.492 e. The number of para-hydroxylation sites is 3. The van der Waals surface area contributed by atoms with Gasteiger partial charge in [-0.05, 0) is 42.0 Å². The molecule has 0 unspecified atom stereocenters. The highest BCUT2D eigenvalue weighted by molar-refractivity contribution is 7.89. The molecule has 4 aromatic rings. The van der Waals surface area contributed by atoms with Crippen LogP contribution in [0.3, 0.4) is 0 Å². The summed E-state index contributed by atoms with van der Waals surface area (Å²) in [4.78, 5) is 34.9. The van der Waals surface area contributed by atoms with Gasteiger partial charge in [0.1, 0.15) is 5.75 Å². The third-order valence-corrected chi connectivity index (χ3v) is 8.30. The lowest BCUT2D eigenvalue weighted by molar-refractivity contribution is 0.0697. The zero-order valence-electron chi connectivity index (χ0n) is 21.1. The largest absolute Gasteiger partial charge is 0.492 e. The van der Waals surface area contributed by atoms with Crippen molar-refractivity contribution in [1.29, 1.82) is 0 Å². The Morgan fingerprint density at radius 1 is 0.897 bits per heavy atom. The first-order valence-corrected chi connectivity index (χ1v) is 13.9. The molecule has 2 N–H and O–H groups in total. The number of primary amides is 1. The standard InChI is InChI=1S/C28H27N5O5S/c29-27(34)22-8-1-4-11-25(22)38-17-12-20-6-5-7-21(18-20)28(35)32-13-15-33(16-14-32)39(36,37)26-19-30-23-9-2-3-10-24(23)31-26/h1-11,18-19H,12-17H2,(H2,29,34). The first-order chi connectivity index (χ1) is 18.8. The van der Waals surface area contributed by atoms with Crippen LogP contribution in [0, 0.1) is 0 Å². The van der Waals surface area contributed by atoms with Crippen molar-refractivity contribution in [3.8, 4) is 5.75 Å². The molecule has 3 aromatic carbocycles. The van der Waals surface area contributed by atoms with Crippen molar-refractivity contribution < 1.29 is 22.7 Å². The maximum Gasteiger partial charge on any atom is 0.262 e. The topological polar surface area (TPSA) is 136 Å². The summed E-state index contributed by atoms with van der Waals surface area (Å²) < 4.78 is 33.4. The number of fused-ring (bicyclic) bond motifs is 1. The third-order valence-electron chi connectivity index (χ3n) is 6.53. The molecule has 0 aliphatic carbocycles. The molecule has 39 heavy (non-hydrogen) atoms. The molecule has 0 saturated carbocycles. The normalized spacial score (nSPS) is 14.3. The molecule has 1 aliphatic heterocycles. The molecular weight excluding hydrogens is 518 g/mol. The summed E-state index contributed by atoms with van der Waals surface area (Å²) in [5.41, 5.74) is 8.26. The number of amides is 2. The van der Waals surface area contributed by atoms with E-state index in [1.807, 2.05) is 12.1 Å². The number of aromatic nitrogens is 2. The van der Waals surface area contributed by atoms with E-state index in [0.717, 1.165) is 5.56 Å². The fourth-order valence-corrected chi connectivity index (χ4v) is 5.75. The molecule has 200 valence electrons. The van der Waals surface area contributed by atoms with Gasteiger partial charge < -0.3 is 15.4 Å². The van der Waals surface area contributed by atoms with Crippen LogP contribution in [0.4, 0.5) is 0 Å². The summed E-state index contributed by atoms with van der Waals surface area (Å²) in [5, 5.41) is -0.102. The van der Waals surface area contributed by atoms with Crippen molar-refractivity contribution >= 4 is 32.9 Å². The van der Waals surface area contributed by atoms with Crippen LogP contribution in [0.1, 0.15) is 26.3 Å². The molecule has 0 atom stereocenters. The van der Waals surface area contributed by atoms with E-state index in [0.29, 0.717) is 40.9 Å². The Balaban J connectivity index is 1.19. The molecule has 1 fully saturated rings. The molecule has 1 aliphatic rings. The fourth-order valence-electron chi connectivity index (χ4n) is 4.45. The van der Waals surface area contributed by atoms with E-state index in [-0.39, 0.29) is 37.1 Å². The fraction of sp³-hybridized carbons (Fsp3) is 0.214. The number of carbonyl (C=O) groups is 2. The summed E-state index contributed by atoms with van der Waals surface area (Å²) >= 11 is 0. The molecule has 2 amide bonds.